The van der Waals surface area contributed by atoms with E-state index in [9.17, 15) is 4.79 Å². The monoisotopic (exact) mass is 419 g/mol. The average molecular weight is 419 g/mol. The number of fused-ring (bicyclic) bond motifs is 2. The number of aromatic nitrogens is 2. The molecule has 30 heavy (non-hydrogen) atoms. The molecule has 0 aliphatic carbocycles. The van der Waals surface area contributed by atoms with E-state index in [4.69, 9.17) is 14.2 Å². The lowest BCUT2D eigenvalue weighted by atomic mass is 10.2. The third-order valence-electron chi connectivity index (χ3n) is 4.57. The van der Waals surface area contributed by atoms with Crippen LogP contribution in [0.25, 0.3) is 20.9 Å². The molecule has 0 radical (unpaired) electrons. The molecule has 7 nitrogen and oxygen atoms in total. The highest BCUT2D eigenvalue weighted by Gasteiger charge is 2.19. The molecule has 1 aliphatic heterocycles. The van der Waals surface area contributed by atoms with Gasteiger partial charge >= 0.3 is 0 Å². The number of rotatable bonds is 5. The Hall–Kier alpha value is -3.65. The minimum absolute atomic E-state index is 0.190. The second kappa shape index (κ2) is 7.64. The van der Waals surface area contributed by atoms with Crippen molar-refractivity contribution in [2.75, 3.05) is 12.1 Å². The molecule has 0 spiro atoms. The summed E-state index contributed by atoms with van der Waals surface area (Å²) in [6.07, 6.45) is 1.06. The summed E-state index contributed by atoms with van der Waals surface area (Å²) in [5.41, 5.74) is 2.45. The van der Waals surface area contributed by atoms with Crippen molar-refractivity contribution in [2.24, 2.45) is 0 Å². The van der Waals surface area contributed by atoms with Crippen LogP contribution in [0.15, 0.2) is 60.8 Å². The first-order chi connectivity index (χ1) is 14.7. The predicted octanol–water partition coefficient (Wildman–Crippen LogP) is 4.49. The van der Waals surface area contributed by atoms with Gasteiger partial charge < -0.3 is 19.5 Å². The molecule has 2 aromatic carbocycles. The van der Waals surface area contributed by atoms with E-state index in [1.54, 1.807) is 31.3 Å². The van der Waals surface area contributed by atoms with Crippen LogP contribution in [0.4, 0.5) is 5.69 Å². The van der Waals surface area contributed by atoms with Gasteiger partial charge in [0, 0.05) is 23.5 Å². The molecular weight excluding hydrogens is 402 g/mol. The summed E-state index contributed by atoms with van der Waals surface area (Å²) < 4.78 is 16.4. The summed E-state index contributed by atoms with van der Waals surface area (Å²) in [6, 6.07) is 16.6. The van der Waals surface area contributed by atoms with Crippen LogP contribution in [0.1, 0.15) is 6.92 Å². The van der Waals surface area contributed by atoms with Gasteiger partial charge in [-0.15, -0.1) is 0 Å². The van der Waals surface area contributed by atoms with Gasteiger partial charge in [0.2, 0.25) is 6.79 Å². The molecule has 4 aromatic rings. The number of ether oxygens (including phenoxy) is 3. The Morgan fingerprint density at radius 2 is 2.03 bits per heavy atom. The maximum absolute atomic E-state index is 12.6. The van der Waals surface area contributed by atoms with Crippen molar-refractivity contribution in [2.45, 2.75) is 13.0 Å². The third-order valence-corrected chi connectivity index (χ3v) is 5.60. The van der Waals surface area contributed by atoms with Crippen molar-refractivity contribution in [3.8, 4) is 27.8 Å². The Labute approximate surface area is 176 Å². The number of hydrogen-bond acceptors (Lipinski definition) is 7. The standard InChI is InChI=1S/C22H17N3O4S/c1-13(29-16-7-8-18-19(11-16)28-12-27-18)20(26)24-15-5-2-4-14(10-15)21-25-17-6-3-9-23-22(17)30-21/h2-11,13H,12H2,1H3,(H,24,26)/t13-/m1/s1. The average Bonchev–Trinajstić information content (AvgIpc) is 3.40. The molecule has 5 rings (SSSR count). The van der Waals surface area contributed by atoms with E-state index in [-0.39, 0.29) is 12.7 Å². The first-order valence-electron chi connectivity index (χ1n) is 9.35. The number of nitrogens with one attached hydrogen (secondary N) is 1. The SMILES string of the molecule is C[C@@H](Oc1ccc2c(c1)OCO2)C(=O)Nc1cccc(-c2nc3cccnc3s2)c1. The maximum Gasteiger partial charge on any atom is 0.265 e. The molecule has 1 N–H and O–H groups in total. The van der Waals surface area contributed by atoms with Crippen molar-refractivity contribution >= 4 is 33.3 Å². The Kier molecular flexibility index (Phi) is 4.68. The highest BCUT2D eigenvalue weighted by molar-refractivity contribution is 7.21. The summed E-state index contributed by atoms with van der Waals surface area (Å²) in [5, 5.41) is 3.75. The van der Waals surface area contributed by atoms with Gasteiger partial charge in [-0.2, -0.15) is 0 Å². The molecule has 0 fully saturated rings. The number of carbonyl (C=O) groups excluding carboxylic acids is 1. The number of thiazole rings is 1. The Morgan fingerprint density at radius 3 is 2.93 bits per heavy atom. The number of amides is 1. The first-order valence-corrected chi connectivity index (χ1v) is 10.2. The zero-order chi connectivity index (χ0) is 20.5. The van der Waals surface area contributed by atoms with Crippen LogP contribution in [0, 0.1) is 0 Å². The van der Waals surface area contributed by atoms with Gasteiger partial charge in [-0.05, 0) is 43.3 Å². The lowest BCUT2D eigenvalue weighted by Gasteiger charge is -2.15. The Morgan fingerprint density at radius 1 is 1.13 bits per heavy atom. The minimum atomic E-state index is -0.694. The lowest BCUT2D eigenvalue weighted by molar-refractivity contribution is -0.122. The van der Waals surface area contributed by atoms with Crippen LogP contribution in [-0.4, -0.2) is 28.8 Å². The molecule has 0 saturated carbocycles. The molecule has 3 heterocycles. The van der Waals surface area contributed by atoms with Crippen LogP contribution < -0.4 is 19.5 Å². The Balaban J connectivity index is 1.29. The molecular formula is C22H17N3O4S. The van der Waals surface area contributed by atoms with Crippen molar-refractivity contribution in [1.82, 2.24) is 9.97 Å². The molecule has 8 heteroatoms. The normalized spacial score (nSPS) is 13.2. The number of anilines is 1. The molecule has 1 atom stereocenters. The van der Waals surface area contributed by atoms with Gasteiger partial charge in [-0.25, -0.2) is 9.97 Å². The van der Waals surface area contributed by atoms with Gasteiger partial charge in [0.05, 0.1) is 0 Å². The molecule has 1 aliphatic rings. The first kappa shape index (κ1) is 18.4. The van der Waals surface area contributed by atoms with E-state index in [0.717, 1.165) is 20.9 Å². The van der Waals surface area contributed by atoms with Crippen molar-refractivity contribution in [3.05, 3.63) is 60.8 Å². The topological polar surface area (TPSA) is 82.6 Å². The zero-order valence-corrected chi connectivity index (χ0v) is 16.8. The lowest BCUT2D eigenvalue weighted by Crippen LogP contribution is -2.30. The van der Waals surface area contributed by atoms with Crippen molar-refractivity contribution in [3.63, 3.8) is 0 Å². The smallest absolute Gasteiger partial charge is 0.265 e. The van der Waals surface area contributed by atoms with Crippen molar-refractivity contribution in [1.29, 1.82) is 0 Å². The van der Waals surface area contributed by atoms with Crippen LogP contribution in [-0.2, 0) is 4.79 Å². The van der Waals surface area contributed by atoms with Gasteiger partial charge in [-0.3, -0.25) is 4.79 Å². The molecule has 0 unspecified atom stereocenters. The van der Waals surface area contributed by atoms with Crippen LogP contribution in [0.3, 0.4) is 0 Å². The molecule has 1 amide bonds. The predicted molar refractivity (Wildman–Crippen MR) is 114 cm³/mol. The minimum Gasteiger partial charge on any atom is -0.481 e. The number of carbonyl (C=O) groups is 1. The molecule has 150 valence electrons. The number of nitrogens with zero attached hydrogens (tertiary/aromatic N) is 2. The summed E-state index contributed by atoms with van der Waals surface area (Å²) in [4.78, 5) is 22.5. The van der Waals surface area contributed by atoms with E-state index < -0.39 is 6.10 Å². The van der Waals surface area contributed by atoms with E-state index in [1.807, 2.05) is 36.4 Å². The number of pyridine rings is 1. The summed E-state index contributed by atoms with van der Waals surface area (Å²) >= 11 is 1.51. The largest absolute Gasteiger partial charge is 0.481 e. The quantitative estimate of drug-likeness (QED) is 0.513. The van der Waals surface area contributed by atoms with Crippen LogP contribution in [0.2, 0.25) is 0 Å². The third kappa shape index (κ3) is 3.65. The maximum atomic E-state index is 12.6. The second-order valence-electron chi connectivity index (χ2n) is 6.69. The summed E-state index contributed by atoms with van der Waals surface area (Å²) in [5.74, 6) is 1.56. The van der Waals surface area contributed by atoms with Gasteiger partial charge in [0.1, 0.15) is 21.1 Å². The van der Waals surface area contributed by atoms with E-state index in [1.165, 1.54) is 11.3 Å². The Bertz CT molecular complexity index is 1210. The number of benzene rings is 2. The summed E-state index contributed by atoms with van der Waals surface area (Å²) in [6.45, 7) is 1.89. The van der Waals surface area contributed by atoms with Gasteiger partial charge in [0.25, 0.3) is 5.91 Å². The van der Waals surface area contributed by atoms with E-state index in [2.05, 4.69) is 15.3 Å². The fraction of sp³-hybridized carbons (Fsp3) is 0.136. The zero-order valence-electron chi connectivity index (χ0n) is 16.0. The molecule has 0 saturated heterocycles. The summed E-state index contributed by atoms with van der Waals surface area (Å²) in [7, 11) is 0. The van der Waals surface area contributed by atoms with Crippen molar-refractivity contribution < 1.29 is 19.0 Å². The van der Waals surface area contributed by atoms with E-state index in [0.29, 0.717) is 22.9 Å². The second-order valence-corrected chi connectivity index (χ2v) is 7.67. The van der Waals surface area contributed by atoms with E-state index >= 15 is 0 Å². The molecule has 0 bridgehead atoms. The highest BCUT2D eigenvalue weighted by atomic mass is 32.1. The molecule has 2 aromatic heterocycles. The van der Waals surface area contributed by atoms with Crippen LogP contribution >= 0.6 is 11.3 Å². The van der Waals surface area contributed by atoms with Gasteiger partial charge in [0.15, 0.2) is 17.6 Å². The number of hydrogen-bond donors (Lipinski definition) is 1. The fourth-order valence-electron chi connectivity index (χ4n) is 3.08. The van der Waals surface area contributed by atoms with Crippen LogP contribution in [0.5, 0.6) is 17.2 Å². The fourth-order valence-corrected chi connectivity index (χ4v) is 3.98. The highest BCUT2D eigenvalue weighted by Crippen LogP contribution is 2.35. The van der Waals surface area contributed by atoms with Gasteiger partial charge in [-0.1, -0.05) is 23.5 Å².